The molecule has 0 saturated carbocycles. The number of hydrogen-bond donors (Lipinski definition) is 1. The average molecular weight is 469 g/mol. The number of halogens is 2. The van der Waals surface area contributed by atoms with Crippen molar-refractivity contribution in [3.05, 3.63) is 101 Å². The van der Waals surface area contributed by atoms with Gasteiger partial charge in [-0.15, -0.1) is 0 Å². The first kappa shape index (κ1) is 22.7. The van der Waals surface area contributed by atoms with E-state index in [1.54, 1.807) is 6.08 Å². The second kappa shape index (κ2) is 8.12. The number of ketones is 1. The molecule has 0 amide bonds. The number of para-hydroxylation sites is 1. The van der Waals surface area contributed by atoms with Crippen LogP contribution in [0.25, 0.3) is 0 Å². The number of carbonyl (C=O) groups is 1. The number of carbonyl (C=O) groups excluding carboxylic acids is 1. The molecule has 0 bridgehead atoms. The summed E-state index contributed by atoms with van der Waals surface area (Å²) in [7, 11) is -2.20. The smallest absolute Gasteiger partial charge is 0.261 e. The number of allylic oxidation sites excluding steroid dienone is 2. The van der Waals surface area contributed by atoms with Crippen LogP contribution in [0.2, 0.25) is 0 Å². The summed E-state index contributed by atoms with van der Waals surface area (Å²) < 4.78 is 53.7. The van der Waals surface area contributed by atoms with Crippen molar-refractivity contribution in [1.82, 2.24) is 0 Å². The van der Waals surface area contributed by atoms with Gasteiger partial charge in [0, 0.05) is 41.2 Å². The molecule has 4 rings (SSSR count). The zero-order chi connectivity index (χ0) is 24.0. The van der Waals surface area contributed by atoms with Crippen molar-refractivity contribution in [2.24, 2.45) is 0 Å². The van der Waals surface area contributed by atoms with Crippen LogP contribution in [-0.2, 0) is 15.4 Å². The number of hydrogen-bond acceptors (Lipinski definition) is 4. The van der Waals surface area contributed by atoms with Crippen LogP contribution in [0.5, 0.6) is 0 Å². The molecular weight excluding hydrogens is 446 g/mol. The van der Waals surface area contributed by atoms with E-state index in [9.17, 15) is 22.0 Å². The van der Waals surface area contributed by atoms with Gasteiger partial charge in [0.1, 0.15) is 0 Å². The fraction of sp³-hybridized carbons (Fsp3) is 0.160. The van der Waals surface area contributed by atoms with Crippen molar-refractivity contribution in [1.29, 1.82) is 0 Å². The molecule has 0 unspecified atom stereocenters. The Morgan fingerprint density at radius 3 is 2.27 bits per heavy atom. The first-order chi connectivity index (χ1) is 15.5. The van der Waals surface area contributed by atoms with Gasteiger partial charge in [0.25, 0.3) is 10.0 Å². The van der Waals surface area contributed by atoms with Gasteiger partial charge in [0.2, 0.25) is 0 Å². The third kappa shape index (κ3) is 4.14. The van der Waals surface area contributed by atoms with Crippen LogP contribution in [0.1, 0.15) is 29.8 Å². The molecule has 3 aromatic carbocycles. The number of nitrogens with one attached hydrogen (secondary N) is 1. The normalized spacial score (nSPS) is 16.0. The molecule has 3 aromatic rings. The van der Waals surface area contributed by atoms with E-state index in [1.807, 2.05) is 36.2 Å². The van der Waals surface area contributed by atoms with Crippen LogP contribution in [0, 0.1) is 11.6 Å². The van der Waals surface area contributed by atoms with Crippen molar-refractivity contribution in [3.8, 4) is 0 Å². The van der Waals surface area contributed by atoms with Gasteiger partial charge in [-0.3, -0.25) is 9.52 Å². The molecule has 5 nitrogen and oxygen atoms in total. The van der Waals surface area contributed by atoms with E-state index in [-0.39, 0.29) is 16.9 Å². The summed E-state index contributed by atoms with van der Waals surface area (Å²) in [5, 5.41) is 0. The Morgan fingerprint density at radius 1 is 0.970 bits per heavy atom. The highest BCUT2D eigenvalue weighted by Gasteiger charge is 2.38. The zero-order valence-corrected chi connectivity index (χ0v) is 19.1. The van der Waals surface area contributed by atoms with Gasteiger partial charge in [0.15, 0.2) is 17.4 Å². The third-order valence-corrected chi connectivity index (χ3v) is 7.21. The summed E-state index contributed by atoms with van der Waals surface area (Å²) in [4.78, 5) is 14.5. The molecular formula is C25H22F2N2O3S. The van der Waals surface area contributed by atoms with Crippen LogP contribution >= 0.6 is 0 Å². The number of anilines is 2. The zero-order valence-electron chi connectivity index (χ0n) is 18.3. The Kier molecular flexibility index (Phi) is 5.57. The molecule has 1 aliphatic rings. The van der Waals surface area contributed by atoms with Crippen molar-refractivity contribution in [2.45, 2.75) is 24.2 Å². The summed E-state index contributed by atoms with van der Waals surface area (Å²) in [6.45, 7) is 4.12. The number of likely N-dealkylation sites (N-methyl/N-ethyl adjacent to an activating group) is 1. The second-order valence-electron chi connectivity index (χ2n) is 8.35. The Labute approximate surface area is 191 Å². The average Bonchev–Trinajstić information content (AvgIpc) is 2.96. The minimum absolute atomic E-state index is 0.189. The van der Waals surface area contributed by atoms with Crippen LogP contribution in [0.4, 0.5) is 20.2 Å². The minimum Gasteiger partial charge on any atom is -0.347 e. The molecule has 0 aromatic heterocycles. The van der Waals surface area contributed by atoms with E-state index in [4.69, 9.17) is 0 Å². The quantitative estimate of drug-likeness (QED) is 0.410. The molecule has 0 fully saturated rings. The monoisotopic (exact) mass is 468 g/mol. The van der Waals surface area contributed by atoms with E-state index < -0.39 is 26.6 Å². The highest BCUT2D eigenvalue weighted by atomic mass is 32.2. The number of rotatable bonds is 5. The van der Waals surface area contributed by atoms with E-state index in [0.717, 1.165) is 29.1 Å². The SMILES string of the molecule is CN1C(=CC(=O)c2ccc(NS(=O)(=O)c3ccc(F)c(F)c3)cc2)C(C)(C)c2ccccc21. The van der Waals surface area contributed by atoms with E-state index in [2.05, 4.69) is 18.6 Å². The molecule has 33 heavy (non-hydrogen) atoms. The Morgan fingerprint density at radius 2 is 1.64 bits per heavy atom. The van der Waals surface area contributed by atoms with E-state index in [1.165, 1.54) is 24.3 Å². The molecule has 0 aliphatic carbocycles. The van der Waals surface area contributed by atoms with Crippen molar-refractivity contribution >= 4 is 27.2 Å². The van der Waals surface area contributed by atoms with Gasteiger partial charge >= 0.3 is 0 Å². The Balaban J connectivity index is 1.55. The standard InChI is InChI=1S/C25H22F2N2O3S/c1-25(2)19-6-4-5-7-22(19)29(3)24(25)15-23(30)16-8-10-17(11-9-16)28-33(31,32)18-12-13-20(26)21(27)14-18/h4-15,28H,1-3H3. The maximum Gasteiger partial charge on any atom is 0.261 e. The van der Waals surface area contributed by atoms with Crippen molar-refractivity contribution < 1.29 is 22.0 Å². The van der Waals surface area contributed by atoms with Gasteiger partial charge < -0.3 is 4.90 Å². The molecule has 0 saturated heterocycles. The van der Waals surface area contributed by atoms with Gasteiger partial charge in [-0.25, -0.2) is 17.2 Å². The fourth-order valence-electron chi connectivity index (χ4n) is 4.03. The summed E-state index contributed by atoms with van der Waals surface area (Å²) in [6.07, 6.45) is 1.60. The van der Waals surface area contributed by atoms with Crippen LogP contribution < -0.4 is 9.62 Å². The van der Waals surface area contributed by atoms with Crippen molar-refractivity contribution in [3.63, 3.8) is 0 Å². The molecule has 0 atom stereocenters. The first-order valence-electron chi connectivity index (χ1n) is 10.2. The van der Waals surface area contributed by atoms with Crippen LogP contribution in [0.15, 0.2) is 83.4 Å². The molecule has 0 radical (unpaired) electrons. The maximum atomic E-state index is 13.4. The molecule has 1 aliphatic heterocycles. The lowest BCUT2D eigenvalue weighted by Crippen LogP contribution is -2.24. The van der Waals surface area contributed by atoms with Gasteiger partial charge in [0.05, 0.1) is 4.90 Å². The summed E-state index contributed by atoms with van der Waals surface area (Å²) >= 11 is 0. The lowest BCUT2D eigenvalue weighted by molar-refractivity contribution is 0.104. The summed E-state index contributed by atoms with van der Waals surface area (Å²) in [6, 6.07) is 16.2. The minimum atomic E-state index is -4.12. The number of fused-ring (bicyclic) bond motifs is 1. The topological polar surface area (TPSA) is 66.5 Å². The van der Waals surface area contributed by atoms with Crippen LogP contribution in [0.3, 0.4) is 0 Å². The molecule has 8 heteroatoms. The number of sulfonamides is 1. The lowest BCUT2D eigenvalue weighted by atomic mass is 9.83. The first-order valence-corrected chi connectivity index (χ1v) is 11.7. The number of benzene rings is 3. The van der Waals surface area contributed by atoms with Gasteiger partial charge in [-0.1, -0.05) is 32.0 Å². The molecule has 1 heterocycles. The Bertz CT molecular complexity index is 1380. The summed E-state index contributed by atoms with van der Waals surface area (Å²) in [5.41, 5.74) is 3.27. The van der Waals surface area contributed by atoms with Crippen molar-refractivity contribution in [2.75, 3.05) is 16.7 Å². The molecule has 170 valence electrons. The largest absolute Gasteiger partial charge is 0.347 e. The van der Waals surface area contributed by atoms with Gasteiger partial charge in [-0.2, -0.15) is 0 Å². The highest BCUT2D eigenvalue weighted by Crippen LogP contribution is 2.46. The summed E-state index contributed by atoms with van der Waals surface area (Å²) in [5.74, 6) is -2.60. The third-order valence-electron chi connectivity index (χ3n) is 5.83. The predicted octanol–water partition coefficient (Wildman–Crippen LogP) is 5.26. The number of nitrogens with zero attached hydrogens (tertiary/aromatic N) is 1. The maximum absolute atomic E-state index is 13.4. The second-order valence-corrected chi connectivity index (χ2v) is 10.0. The lowest BCUT2D eigenvalue weighted by Gasteiger charge is -2.24. The molecule has 0 spiro atoms. The Hall–Kier alpha value is -3.52. The molecule has 1 N–H and O–H groups in total. The fourth-order valence-corrected chi connectivity index (χ4v) is 5.10. The van der Waals surface area contributed by atoms with Crippen LogP contribution in [-0.4, -0.2) is 21.2 Å². The van der Waals surface area contributed by atoms with E-state index in [0.29, 0.717) is 11.6 Å². The highest BCUT2D eigenvalue weighted by molar-refractivity contribution is 7.92. The van der Waals surface area contributed by atoms with Gasteiger partial charge in [-0.05, 0) is 54.1 Å². The predicted molar refractivity (Wildman–Crippen MR) is 124 cm³/mol. The van der Waals surface area contributed by atoms with E-state index >= 15 is 0 Å².